The molecule has 0 radical (unpaired) electrons. The maximum absolute atomic E-state index is 12.0. The molecule has 1 N–H and O–H groups in total. The van der Waals surface area contributed by atoms with Gasteiger partial charge in [0.2, 0.25) is 12.3 Å². The number of anilines is 1. The van der Waals surface area contributed by atoms with Crippen LogP contribution in [0.3, 0.4) is 0 Å². The number of carbonyl (C=O) groups excluding carboxylic acids is 2. The Morgan fingerprint density at radius 3 is 2.38 bits per heavy atom. The first-order chi connectivity index (χ1) is 18.8. The zero-order valence-corrected chi connectivity index (χ0v) is 22.9. The summed E-state index contributed by atoms with van der Waals surface area (Å²) in [4.78, 5) is 40.0. The van der Waals surface area contributed by atoms with E-state index in [0.717, 1.165) is 52.8 Å². The molecule has 1 saturated heterocycles. The number of aromatic amines is 1. The van der Waals surface area contributed by atoms with Gasteiger partial charge in [0, 0.05) is 35.9 Å². The van der Waals surface area contributed by atoms with E-state index in [-0.39, 0.29) is 11.3 Å². The van der Waals surface area contributed by atoms with Gasteiger partial charge in [-0.1, -0.05) is 63.7 Å². The number of carbonyl (C=O) groups is 2. The van der Waals surface area contributed by atoms with Crippen molar-refractivity contribution in [2.45, 2.75) is 51.5 Å². The Balaban J connectivity index is 1.36. The van der Waals surface area contributed by atoms with Gasteiger partial charge in [-0.2, -0.15) is 0 Å². The van der Waals surface area contributed by atoms with Crippen molar-refractivity contribution in [2.75, 3.05) is 18.0 Å². The monoisotopic (exact) mass is 521 g/mol. The molecule has 200 valence electrons. The van der Waals surface area contributed by atoms with Crippen LogP contribution in [-0.2, 0) is 21.5 Å². The quantitative estimate of drug-likeness (QED) is 0.240. The lowest BCUT2D eigenvalue weighted by atomic mass is 9.87. The maximum Gasteiger partial charge on any atom is 0.245 e. The number of hydrogen-bond donors (Lipinski definition) is 1. The highest BCUT2D eigenvalue weighted by atomic mass is 16.2. The molecule has 1 fully saturated rings. The molecule has 7 nitrogen and oxygen atoms in total. The van der Waals surface area contributed by atoms with Gasteiger partial charge in [-0.05, 0) is 59.1 Å². The first kappa shape index (κ1) is 26.4. The van der Waals surface area contributed by atoms with E-state index in [2.05, 4.69) is 78.7 Å². The first-order valence-corrected chi connectivity index (χ1v) is 13.4. The topological polar surface area (TPSA) is 82.2 Å². The summed E-state index contributed by atoms with van der Waals surface area (Å²) in [5.74, 6) is 0.314. The molecule has 0 bridgehead atoms. The summed E-state index contributed by atoms with van der Waals surface area (Å²) in [6.45, 7) is 12.1. The second-order valence-electron chi connectivity index (χ2n) is 11.2. The molecular formula is C32H35N5O2. The first-order valence-electron chi connectivity index (χ1n) is 13.4. The van der Waals surface area contributed by atoms with E-state index >= 15 is 0 Å². The van der Waals surface area contributed by atoms with Crippen LogP contribution in [0, 0.1) is 0 Å². The predicted molar refractivity (Wildman–Crippen MR) is 155 cm³/mol. The second-order valence-corrected chi connectivity index (χ2v) is 11.2. The average molecular weight is 522 g/mol. The Kier molecular flexibility index (Phi) is 7.33. The van der Waals surface area contributed by atoms with Crippen molar-refractivity contribution in [1.82, 2.24) is 19.9 Å². The molecule has 1 aliphatic rings. The van der Waals surface area contributed by atoms with Gasteiger partial charge in [-0.3, -0.25) is 9.59 Å². The molecule has 0 unspecified atom stereocenters. The van der Waals surface area contributed by atoms with Crippen LogP contribution in [0.5, 0.6) is 0 Å². The minimum atomic E-state index is -0.00782. The van der Waals surface area contributed by atoms with Crippen LogP contribution in [0.15, 0.2) is 73.7 Å². The molecule has 0 aliphatic carbocycles. The normalized spacial score (nSPS) is 14.4. The summed E-state index contributed by atoms with van der Waals surface area (Å²) in [7, 11) is 0. The Hall–Kier alpha value is -4.26. The van der Waals surface area contributed by atoms with Gasteiger partial charge in [-0.15, -0.1) is 0 Å². The van der Waals surface area contributed by atoms with Crippen molar-refractivity contribution in [2.24, 2.45) is 0 Å². The SMILES string of the molecule is C=CC(=O)N1CCC(c2c[nH]c3ncnc(-c4ccc(CN(C=O)c5ccc(C(C)(C)C)cc5)cc4)c23)CC1. The van der Waals surface area contributed by atoms with Crippen LogP contribution >= 0.6 is 0 Å². The Labute approximate surface area is 229 Å². The average Bonchev–Trinajstić information content (AvgIpc) is 3.40. The zero-order valence-electron chi connectivity index (χ0n) is 22.9. The molecule has 7 heteroatoms. The minimum Gasteiger partial charge on any atom is -0.346 e. The van der Waals surface area contributed by atoms with Gasteiger partial charge in [0.1, 0.15) is 12.0 Å². The van der Waals surface area contributed by atoms with Crippen molar-refractivity contribution in [3.8, 4) is 11.3 Å². The van der Waals surface area contributed by atoms with E-state index in [1.807, 2.05) is 23.2 Å². The number of aromatic nitrogens is 3. The van der Waals surface area contributed by atoms with Crippen molar-refractivity contribution in [1.29, 1.82) is 0 Å². The van der Waals surface area contributed by atoms with E-state index in [9.17, 15) is 9.59 Å². The summed E-state index contributed by atoms with van der Waals surface area (Å²) in [5.41, 5.74) is 7.10. The molecule has 3 heterocycles. The standard InChI is InChI=1S/C32H35N5O2/c1-5-28(39)36-16-14-23(15-17-36)27-18-33-31-29(27)30(34-20-35-31)24-8-6-22(7-9-24)19-37(21-38)26-12-10-25(11-13-26)32(2,3)4/h5-13,18,20-21,23H,1,14-17,19H2,2-4H3,(H,33,34,35). The van der Waals surface area contributed by atoms with Crippen LogP contribution < -0.4 is 4.90 Å². The van der Waals surface area contributed by atoms with Crippen molar-refractivity contribution < 1.29 is 9.59 Å². The number of nitrogens with one attached hydrogen (secondary N) is 1. The third kappa shape index (κ3) is 5.48. The van der Waals surface area contributed by atoms with Crippen LogP contribution in [0.25, 0.3) is 22.3 Å². The van der Waals surface area contributed by atoms with E-state index in [1.165, 1.54) is 17.2 Å². The lowest BCUT2D eigenvalue weighted by molar-refractivity contribution is -0.127. The third-order valence-electron chi connectivity index (χ3n) is 7.69. The van der Waals surface area contributed by atoms with Crippen molar-refractivity contribution in [3.63, 3.8) is 0 Å². The molecule has 0 atom stereocenters. The van der Waals surface area contributed by atoms with E-state index < -0.39 is 0 Å². The fraction of sp³-hybridized carbons (Fsp3) is 0.312. The molecule has 5 rings (SSSR count). The number of nitrogens with zero attached hydrogens (tertiary/aromatic N) is 4. The van der Waals surface area contributed by atoms with Gasteiger partial charge >= 0.3 is 0 Å². The van der Waals surface area contributed by atoms with Crippen molar-refractivity contribution >= 4 is 29.0 Å². The number of H-pyrrole nitrogens is 1. The predicted octanol–water partition coefficient (Wildman–Crippen LogP) is 5.98. The largest absolute Gasteiger partial charge is 0.346 e. The van der Waals surface area contributed by atoms with Crippen LogP contribution in [0.1, 0.15) is 56.2 Å². The number of fused-ring (bicyclic) bond motifs is 1. The highest BCUT2D eigenvalue weighted by molar-refractivity contribution is 5.94. The fourth-order valence-corrected chi connectivity index (χ4v) is 5.37. The summed E-state index contributed by atoms with van der Waals surface area (Å²) >= 11 is 0. The van der Waals surface area contributed by atoms with E-state index in [1.54, 1.807) is 11.2 Å². The molecule has 0 spiro atoms. The third-order valence-corrected chi connectivity index (χ3v) is 7.69. The van der Waals surface area contributed by atoms with E-state index in [0.29, 0.717) is 25.6 Å². The summed E-state index contributed by atoms with van der Waals surface area (Å²) < 4.78 is 0. The molecule has 2 aromatic heterocycles. The molecule has 39 heavy (non-hydrogen) atoms. The fourth-order valence-electron chi connectivity index (χ4n) is 5.37. The highest BCUT2D eigenvalue weighted by Gasteiger charge is 2.26. The summed E-state index contributed by atoms with van der Waals surface area (Å²) in [6, 6.07) is 16.4. The van der Waals surface area contributed by atoms with Gasteiger partial charge in [0.15, 0.2) is 0 Å². The minimum absolute atomic E-state index is 0.00782. The smallest absolute Gasteiger partial charge is 0.245 e. The number of likely N-dealkylation sites (tertiary alicyclic amines) is 1. The molecule has 1 aliphatic heterocycles. The Bertz CT molecular complexity index is 1470. The number of amides is 2. The zero-order chi connectivity index (χ0) is 27.6. The van der Waals surface area contributed by atoms with Gasteiger partial charge < -0.3 is 14.8 Å². The molecular weight excluding hydrogens is 486 g/mol. The van der Waals surface area contributed by atoms with E-state index in [4.69, 9.17) is 0 Å². The van der Waals surface area contributed by atoms with Gasteiger partial charge in [0.05, 0.1) is 12.2 Å². The number of rotatable bonds is 7. The Morgan fingerprint density at radius 1 is 1.08 bits per heavy atom. The molecule has 2 amide bonds. The van der Waals surface area contributed by atoms with Crippen LogP contribution in [0.4, 0.5) is 5.69 Å². The molecule has 4 aromatic rings. The van der Waals surface area contributed by atoms with Crippen molar-refractivity contribution in [3.05, 3.63) is 90.4 Å². The van der Waals surface area contributed by atoms with Crippen LogP contribution in [-0.4, -0.2) is 45.3 Å². The maximum atomic E-state index is 12.0. The molecule has 0 saturated carbocycles. The van der Waals surface area contributed by atoms with Gasteiger partial charge in [-0.25, -0.2) is 9.97 Å². The lowest BCUT2D eigenvalue weighted by Crippen LogP contribution is -2.36. The van der Waals surface area contributed by atoms with Gasteiger partial charge in [0.25, 0.3) is 0 Å². The number of piperidine rings is 1. The summed E-state index contributed by atoms with van der Waals surface area (Å²) in [5, 5.41) is 1.03. The number of benzene rings is 2. The number of hydrogen-bond acceptors (Lipinski definition) is 4. The Morgan fingerprint density at radius 2 is 1.77 bits per heavy atom. The lowest BCUT2D eigenvalue weighted by Gasteiger charge is -2.31. The second kappa shape index (κ2) is 10.8. The highest BCUT2D eigenvalue weighted by Crippen LogP contribution is 2.37. The van der Waals surface area contributed by atoms with Crippen LogP contribution in [0.2, 0.25) is 0 Å². The molecule has 2 aromatic carbocycles. The summed E-state index contributed by atoms with van der Waals surface area (Å²) in [6.07, 6.45) is 7.68.